The third-order valence-corrected chi connectivity index (χ3v) is 6.26. The first-order valence-corrected chi connectivity index (χ1v) is 10.1. The smallest absolute Gasteiger partial charge is 0.231 e. The minimum absolute atomic E-state index is 0.195. The molecular formula is C23H26O6. The molecule has 2 aromatic carbocycles. The first kappa shape index (κ1) is 18.4. The highest BCUT2D eigenvalue weighted by molar-refractivity contribution is 5.58. The lowest BCUT2D eigenvalue weighted by Gasteiger charge is -2.41. The highest BCUT2D eigenvalue weighted by Crippen LogP contribution is 2.52. The van der Waals surface area contributed by atoms with Crippen molar-refractivity contribution in [2.24, 2.45) is 0 Å². The van der Waals surface area contributed by atoms with Crippen molar-refractivity contribution >= 4 is 0 Å². The average Bonchev–Trinajstić information content (AvgIpc) is 3.23. The van der Waals surface area contributed by atoms with Crippen molar-refractivity contribution in [1.29, 1.82) is 0 Å². The Hall–Kier alpha value is -2.60. The zero-order valence-electron chi connectivity index (χ0n) is 17.0. The van der Waals surface area contributed by atoms with Crippen LogP contribution in [-0.2, 0) is 4.74 Å². The fraction of sp³-hybridized carbons (Fsp3) is 0.478. The maximum Gasteiger partial charge on any atom is 0.231 e. The molecule has 154 valence electrons. The molecule has 1 fully saturated rings. The minimum Gasteiger partial charge on any atom is -0.493 e. The second-order valence-electron chi connectivity index (χ2n) is 7.74. The molecule has 29 heavy (non-hydrogen) atoms. The molecule has 0 saturated heterocycles. The minimum atomic E-state index is -0.229. The monoisotopic (exact) mass is 398 g/mol. The van der Waals surface area contributed by atoms with E-state index in [1.54, 1.807) is 21.3 Å². The quantitative estimate of drug-likeness (QED) is 0.751. The SMILES string of the molecule is COc1cc([C@@H]2O[C@@H]3CCCC[C@H]3c3cc4c(cc32)OCO4)cc(OC)c1OC. The summed E-state index contributed by atoms with van der Waals surface area (Å²) in [6.07, 6.45) is 4.60. The topological polar surface area (TPSA) is 55.4 Å². The first-order valence-electron chi connectivity index (χ1n) is 10.1. The van der Waals surface area contributed by atoms with Gasteiger partial charge >= 0.3 is 0 Å². The van der Waals surface area contributed by atoms with Crippen molar-refractivity contribution < 1.29 is 28.4 Å². The second kappa shape index (κ2) is 7.34. The molecule has 0 bridgehead atoms. The molecule has 0 spiro atoms. The Bertz CT molecular complexity index is 899. The van der Waals surface area contributed by atoms with Crippen LogP contribution in [0.4, 0.5) is 0 Å². The molecule has 0 unspecified atom stereocenters. The number of ether oxygens (including phenoxy) is 6. The maximum absolute atomic E-state index is 6.69. The van der Waals surface area contributed by atoms with E-state index in [1.165, 1.54) is 18.4 Å². The van der Waals surface area contributed by atoms with Gasteiger partial charge in [0.2, 0.25) is 12.5 Å². The molecule has 3 aliphatic rings. The number of fused-ring (bicyclic) bond motifs is 4. The lowest BCUT2D eigenvalue weighted by molar-refractivity contribution is -0.0391. The number of hydrogen-bond acceptors (Lipinski definition) is 6. The first-order chi connectivity index (χ1) is 14.2. The Labute approximate surface area is 170 Å². The fourth-order valence-electron chi connectivity index (χ4n) is 4.90. The molecule has 1 saturated carbocycles. The van der Waals surface area contributed by atoms with Crippen molar-refractivity contribution in [3.05, 3.63) is 41.0 Å². The van der Waals surface area contributed by atoms with E-state index in [9.17, 15) is 0 Å². The highest BCUT2D eigenvalue weighted by Gasteiger charge is 2.39. The molecule has 6 nitrogen and oxygen atoms in total. The molecule has 3 atom stereocenters. The van der Waals surface area contributed by atoms with Crippen LogP contribution in [0.15, 0.2) is 24.3 Å². The van der Waals surface area contributed by atoms with E-state index in [1.807, 2.05) is 12.1 Å². The fourth-order valence-corrected chi connectivity index (χ4v) is 4.90. The van der Waals surface area contributed by atoms with Crippen LogP contribution in [-0.4, -0.2) is 34.2 Å². The largest absolute Gasteiger partial charge is 0.493 e. The summed E-state index contributed by atoms with van der Waals surface area (Å²) in [7, 11) is 4.87. The van der Waals surface area contributed by atoms with Gasteiger partial charge in [0.15, 0.2) is 23.0 Å². The van der Waals surface area contributed by atoms with Crippen LogP contribution in [0.5, 0.6) is 28.7 Å². The van der Waals surface area contributed by atoms with Gasteiger partial charge in [-0.25, -0.2) is 0 Å². The van der Waals surface area contributed by atoms with Crippen molar-refractivity contribution in [3.8, 4) is 28.7 Å². The van der Waals surface area contributed by atoms with Gasteiger partial charge in [0.1, 0.15) is 6.10 Å². The molecule has 0 N–H and O–H groups in total. The van der Waals surface area contributed by atoms with E-state index in [-0.39, 0.29) is 19.0 Å². The predicted molar refractivity (Wildman–Crippen MR) is 107 cm³/mol. The summed E-state index contributed by atoms with van der Waals surface area (Å²) in [5, 5.41) is 0. The third kappa shape index (κ3) is 2.97. The molecule has 1 aliphatic carbocycles. The van der Waals surface area contributed by atoms with E-state index < -0.39 is 0 Å². The van der Waals surface area contributed by atoms with Crippen molar-refractivity contribution in [2.45, 2.75) is 43.8 Å². The molecule has 2 aromatic rings. The van der Waals surface area contributed by atoms with E-state index in [2.05, 4.69) is 12.1 Å². The molecule has 2 aliphatic heterocycles. The van der Waals surface area contributed by atoms with Gasteiger partial charge in [0.25, 0.3) is 0 Å². The van der Waals surface area contributed by atoms with Gasteiger partial charge in [0, 0.05) is 5.92 Å². The second-order valence-corrected chi connectivity index (χ2v) is 7.74. The zero-order chi connectivity index (χ0) is 20.0. The lowest BCUT2D eigenvalue weighted by atomic mass is 9.76. The zero-order valence-corrected chi connectivity index (χ0v) is 17.0. The van der Waals surface area contributed by atoms with Gasteiger partial charge in [-0.2, -0.15) is 0 Å². The Morgan fingerprint density at radius 1 is 0.793 bits per heavy atom. The number of hydrogen-bond donors (Lipinski definition) is 0. The molecule has 2 heterocycles. The number of methoxy groups -OCH3 is 3. The average molecular weight is 398 g/mol. The van der Waals surface area contributed by atoms with Gasteiger partial charge in [-0.1, -0.05) is 12.8 Å². The molecule has 6 heteroatoms. The van der Waals surface area contributed by atoms with Crippen molar-refractivity contribution in [1.82, 2.24) is 0 Å². The third-order valence-electron chi connectivity index (χ3n) is 6.26. The Morgan fingerprint density at radius 3 is 2.10 bits per heavy atom. The van der Waals surface area contributed by atoms with Gasteiger partial charge in [-0.15, -0.1) is 0 Å². The van der Waals surface area contributed by atoms with Gasteiger partial charge < -0.3 is 28.4 Å². The normalized spacial score (nSPS) is 24.4. The lowest BCUT2D eigenvalue weighted by Crippen LogP contribution is -2.33. The summed E-state index contributed by atoms with van der Waals surface area (Å²) < 4.78 is 34.7. The maximum atomic E-state index is 6.69. The molecule has 5 rings (SSSR count). The Morgan fingerprint density at radius 2 is 1.45 bits per heavy atom. The Kier molecular flexibility index (Phi) is 4.66. The van der Waals surface area contributed by atoms with E-state index in [4.69, 9.17) is 28.4 Å². The summed E-state index contributed by atoms with van der Waals surface area (Å²) in [5.41, 5.74) is 3.42. The van der Waals surface area contributed by atoms with Crippen LogP contribution in [0.3, 0.4) is 0 Å². The summed E-state index contributed by atoms with van der Waals surface area (Å²) in [6.45, 7) is 0.266. The van der Waals surface area contributed by atoms with Gasteiger partial charge in [-0.3, -0.25) is 0 Å². The summed E-state index contributed by atoms with van der Waals surface area (Å²) >= 11 is 0. The standard InChI is InChI=1S/C23H26O6/c1-24-20-8-13(9-21(25-2)23(20)26-3)22-16-11-19-18(27-12-28-19)10-15(16)14-6-4-5-7-17(14)29-22/h8-11,14,17,22H,4-7,12H2,1-3H3/t14-,17+,22-/m0/s1. The van der Waals surface area contributed by atoms with Crippen molar-refractivity contribution in [2.75, 3.05) is 28.1 Å². The molecule has 0 aromatic heterocycles. The summed E-state index contributed by atoms with van der Waals surface area (Å²) in [6, 6.07) is 8.19. The van der Waals surface area contributed by atoms with Crippen LogP contribution in [0.2, 0.25) is 0 Å². The molecule has 0 amide bonds. The molecular weight excluding hydrogens is 372 g/mol. The predicted octanol–water partition coefficient (Wildman–Crippen LogP) is 4.59. The molecule has 0 radical (unpaired) electrons. The highest BCUT2D eigenvalue weighted by atomic mass is 16.7. The van der Waals surface area contributed by atoms with Crippen LogP contribution in [0, 0.1) is 0 Å². The van der Waals surface area contributed by atoms with E-state index in [0.717, 1.165) is 35.5 Å². The number of benzene rings is 2. The van der Waals surface area contributed by atoms with Crippen LogP contribution < -0.4 is 23.7 Å². The summed E-state index contributed by atoms with van der Waals surface area (Å²) in [5.74, 6) is 3.83. The van der Waals surface area contributed by atoms with Crippen LogP contribution in [0.1, 0.15) is 54.4 Å². The van der Waals surface area contributed by atoms with Gasteiger partial charge in [0.05, 0.1) is 27.4 Å². The number of rotatable bonds is 4. The Balaban J connectivity index is 1.66. The van der Waals surface area contributed by atoms with E-state index >= 15 is 0 Å². The van der Waals surface area contributed by atoms with Gasteiger partial charge in [-0.05, 0) is 53.8 Å². The summed E-state index contributed by atoms with van der Waals surface area (Å²) in [4.78, 5) is 0. The van der Waals surface area contributed by atoms with Crippen LogP contribution >= 0.6 is 0 Å². The van der Waals surface area contributed by atoms with Crippen molar-refractivity contribution in [3.63, 3.8) is 0 Å². The van der Waals surface area contributed by atoms with Crippen LogP contribution in [0.25, 0.3) is 0 Å². The van der Waals surface area contributed by atoms with E-state index in [0.29, 0.717) is 23.2 Å².